The van der Waals surface area contributed by atoms with Crippen LogP contribution in [0.15, 0.2) is 12.3 Å². The van der Waals surface area contributed by atoms with Crippen molar-refractivity contribution in [1.82, 2.24) is 9.88 Å². The first-order chi connectivity index (χ1) is 10.3. The maximum absolute atomic E-state index is 11.7. The smallest absolute Gasteiger partial charge is 0.189 e. The summed E-state index contributed by atoms with van der Waals surface area (Å²) in [6.07, 6.45) is 2.20. The monoisotopic (exact) mass is 296 g/mol. The molecule has 0 atom stereocenters. The molecule has 6 heteroatoms. The largest absolute Gasteiger partial charge is 0.379 e. The summed E-state index contributed by atoms with van der Waals surface area (Å²) in [7, 11) is 0. The molecular weight excluding hydrogens is 272 g/mol. The second-order valence-electron chi connectivity index (χ2n) is 4.39. The average molecular weight is 296 g/mol. The SMILES string of the molecule is CC.O=Cc1cc(C(=O)COCCN2CCOCC2)c[nH]1. The minimum Gasteiger partial charge on any atom is -0.379 e. The van der Waals surface area contributed by atoms with Gasteiger partial charge < -0.3 is 14.5 Å². The van der Waals surface area contributed by atoms with E-state index >= 15 is 0 Å². The molecule has 1 aliphatic rings. The summed E-state index contributed by atoms with van der Waals surface area (Å²) in [5.41, 5.74) is 0.880. The summed E-state index contributed by atoms with van der Waals surface area (Å²) in [4.78, 5) is 27.2. The normalized spacial score (nSPS) is 15.1. The summed E-state index contributed by atoms with van der Waals surface area (Å²) in [5.74, 6) is -0.119. The van der Waals surface area contributed by atoms with Crippen molar-refractivity contribution in [3.05, 3.63) is 23.5 Å². The Bertz CT molecular complexity index is 425. The molecule has 21 heavy (non-hydrogen) atoms. The molecule has 0 aromatic carbocycles. The molecule has 1 aromatic heterocycles. The molecule has 0 aliphatic carbocycles. The van der Waals surface area contributed by atoms with Crippen LogP contribution >= 0.6 is 0 Å². The number of aromatic amines is 1. The van der Waals surface area contributed by atoms with Gasteiger partial charge in [0.25, 0.3) is 0 Å². The van der Waals surface area contributed by atoms with E-state index in [1.165, 1.54) is 12.3 Å². The van der Waals surface area contributed by atoms with Crippen molar-refractivity contribution in [1.29, 1.82) is 0 Å². The highest BCUT2D eigenvalue weighted by Gasteiger charge is 2.11. The van der Waals surface area contributed by atoms with E-state index in [1.54, 1.807) is 0 Å². The van der Waals surface area contributed by atoms with Gasteiger partial charge in [0, 0.05) is 31.4 Å². The van der Waals surface area contributed by atoms with Gasteiger partial charge in [-0.3, -0.25) is 14.5 Å². The Kier molecular flexibility index (Phi) is 8.57. The molecule has 0 unspecified atom stereocenters. The Morgan fingerprint density at radius 1 is 1.43 bits per heavy atom. The minimum atomic E-state index is -0.119. The lowest BCUT2D eigenvalue weighted by molar-refractivity contribution is 0.0208. The molecule has 0 radical (unpaired) electrons. The van der Waals surface area contributed by atoms with Gasteiger partial charge in [0.1, 0.15) is 6.61 Å². The molecule has 1 fully saturated rings. The zero-order valence-electron chi connectivity index (χ0n) is 12.8. The van der Waals surface area contributed by atoms with Crippen LogP contribution in [0.1, 0.15) is 34.7 Å². The number of morpholine rings is 1. The van der Waals surface area contributed by atoms with E-state index in [0.29, 0.717) is 24.2 Å². The molecule has 118 valence electrons. The Balaban J connectivity index is 0.00000106. The molecule has 1 N–H and O–H groups in total. The Morgan fingerprint density at radius 3 is 2.76 bits per heavy atom. The lowest BCUT2D eigenvalue weighted by atomic mass is 10.2. The number of H-pyrrole nitrogens is 1. The number of hydrogen-bond donors (Lipinski definition) is 1. The fourth-order valence-corrected chi connectivity index (χ4v) is 1.91. The van der Waals surface area contributed by atoms with Gasteiger partial charge in [0.05, 0.1) is 25.5 Å². The number of ether oxygens (including phenoxy) is 2. The lowest BCUT2D eigenvalue weighted by Gasteiger charge is -2.26. The van der Waals surface area contributed by atoms with Crippen LogP contribution in [0.4, 0.5) is 0 Å². The van der Waals surface area contributed by atoms with Crippen LogP contribution in [0, 0.1) is 0 Å². The second kappa shape index (κ2) is 10.3. The number of ketones is 1. The third-order valence-electron chi connectivity index (χ3n) is 3.04. The summed E-state index contributed by atoms with van der Waals surface area (Å²) < 4.78 is 10.6. The van der Waals surface area contributed by atoms with Gasteiger partial charge in [-0.25, -0.2) is 0 Å². The number of nitrogens with zero attached hydrogens (tertiary/aromatic N) is 1. The number of carbonyl (C=O) groups excluding carboxylic acids is 2. The van der Waals surface area contributed by atoms with E-state index in [0.717, 1.165) is 32.8 Å². The first kappa shape index (κ1) is 17.6. The average Bonchev–Trinajstić information content (AvgIpc) is 3.03. The van der Waals surface area contributed by atoms with Crippen LogP contribution < -0.4 is 0 Å². The van der Waals surface area contributed by atoms with Gasteiger partial charge in [-0.2, -0.15) is 0 Å². The number of Topliss-reactive ketones (excluding diaryl/α,β-unsaturated/α-hetero) is 1. The molecule has 1 saturated heterocycles. The van der Waals surface area contributed by atoms with E-state index in [2.05, 4.69) is 9.88 Å². The summed E-state index contributed by atoms with van der Waals surface area (Å²) in [5, 5.41) is 0. The van der Waals surface area contributed by atoms with Crippen LogP contribution in [-0.4, -0.2) is 68.0 Å². The van der Waals surface area contributed by atoms with Crippen molar-refractivity contribution < 1.29 is 19.1 Å². The van der Waals surface area contributed by atoms with E-state index in [-0.39, 0.29) is 12.4 Å². The molecule has 1 aliphatic heterocycles. The molecule has 2 heterocycles. The number of aromatic nitrogens is 1. The molecule has 0 spiro atoms. The topological polar surface area (TPSA) is 71.6 Å². The predicted octanol–water partition coefficient (Wildman–Crippen LogP) is 1.38. The number of rotatable bonds is 7. The number of nitrogens with one attached hydrogen (secondary N) is 1. The predicted molar refractivity (Wildman–Crippen MR) is 79.9 cm³/mol. The maximum Gasteiger partial charge on any atom is 0.189 e. The van der Waals surface area contributed by atoms with Gasteiger partial charge in [-0.15, -0.1) is 0 Å². The Morgan fingerprint density at radius 2 is 2.14 bits per heavy atom. The van der Waals surface area contributed by atoms with Crippen LogP contribution in [-0.2, 0) is 9.47 Å². The molecule has 0 saturated carbocycles. The molecule has 2 rings (SSSR count). The zero-order chi connectivity index (χ0) is 15.5. The fraction of sp³-hybridized carbons (Fsp3) is 0.600. The van der Waals surface area contributed by atoms with E-state index < -0.39 is 0 Å². The molecular formula is C15H24N2O4. The van der Waals surface area contributed by atoms with Crippen molar-refractivity contribution in [2.75, 3.05) is 46.1 Å². The minimum absolute atomic E-state index is 0.0422. The first-order valence-electron chi connectivity index (χ1n) is 7.34. The van der Waals surface area contributed by atoms with Crippen LogP contribution in [0.25, 0.3) is 0 Å². The first-order valence-corrected chi connectivity index (χ1v) is 7.34. The fourth-order valence-electron chi connectivity index (χ4n) is 1.91. The van der Waals surface area contributed by atoms with Gasteiger partial charge >= 0.3 is 0 Å². The van der Waals surface area contributed by atoms with Crippen molar-refractivity contribution in [3.8, 4) is 0 Å². The summed E-state index contributed by atoms with van der Waals surface area (Å²) >= 11 is 0. The number of carbonyl (C=O) groups is 2. The Labute approximate surface area is 125 Å². The zero-order valence-corrected chi connectivity index (χ0v) is 12.8. The van der Waals surface area contributed by atoms with Crippen LogP contribution in [0.2, 0.25) is 0 Å². The highest BCUT2D eigenvalue weighted by molar-refractivity contribution is 5.98. The van der Waals surface area contributed by atoms with E-state index in [9.17, 15) is 9.59 Å². The van der Waals surface area contributed by atoms with Gasteiger partial charge in [-0.1, -0.05) is 13.8 Å². The van der Waals surface area contributed by atoms with Crippen molar-refractivity contribution in [3.63, 3.8) is 0 Å². The van der Waals surface area contributed by atoms with Crippen molar-refractivity contribution in [2.45, 2.75) is 13.8 Å². The van der Waals surface area contributed by atoms with Crippen molar-refractivity contribution in [2.24, 2.45) is 0 Å². The molecule has 0 amide bonds. The quantitative estimate of drug-likeness (QED) is 0.467. The highest BCUT2D eigenvalue weighted by atomic mass is 16.5. The van der Waals surface area contributed by atoms with Crippen molar-refractivity contribution >= 4 is 12.1 Å². The second-order valence-corrected chi connectivity index (χ2v) is 4.39. The third-order valence-corrected chi connectivity index (χ3v) is 3.04. The Hall–Kier alpha value is -1.50. The highest BCUT2D eigenvalue weighted by Crippen LogP contribution is 2.03. The van der Waals surface area contributed by atoms with E-state index in [1.807, 2.05) is 13.8 Å². The standard InChI is InChI=1S/C13H18N2O4.C2H6/c16-9-12-7-11(8-14-12)13(17)10-19-6-3-15-1-4-18-5-2-15;1-2/h7-9,14H,1-6,10H2;1-2H3. The van der Waals surface area contributed by atoms with Crippen LogP contribution in [0.3, 0.4) is 0 Å². The lowest BCUT2D eigenvalue weighted by Crippen LogP contribution is -2.38. The molecule has 0 bridgehead atoms. The van der Waals surface area contributed by atoms with Gasteiger partial charge in [-0.05, 0) is 6.07 Å². The third kappa shape index (κ3) is 6.20. The number of hydrogen-bond acceptors (Lipinski definition) is 5. The van der Waals surface area contributed by atoms with Gasteiger partial charge in [0.2, 0.25) is 0 Å². The molecule has 6 nitrogen and oxygen atoms in total. The number of aldehydes is 1. The van der Waals surface area contributed by atoms with Gasteiger partial charge in [0.15, 0.2) is 12.1 Å². The molecule has 1 aromatic rings. The summed E-state index contributed by atoms with van der Waals surface area (Å²) in [6, 6.07) is 1.53. The summed E-state index contributed by atoms with van der Waals surface area (Å²) in [6.45, 7) is 8.73. The van der Waals surface area contributed by atoms with E-state index in [4.69, 9.17) is 9.47 Å². The van der Waals surface area contributed by atoms with Crippen LogP contribution in [0.5, 0.6) is 0 Å². The maximum atomic E-state index is 11.7.